The molecule has 0 fully saturated rings. The van der Waals surface area contributed by atoms with Crippen molar-refractivity contribution in [1.82, 2.24) is 9.97 Å². The van der Waals surface area contributed by atoms with Crippen LogP contribution in [0.5, 0.6) is 0 Å². The van der Waals surface area contributed by atoms with Crippen LogP contribution >= 0.6 is 11.3 Å². The first kappa shape index (κ1) is 14.3. The fraction of sp³-hybridized carbons (Fsp3) is 0.308. The van der Waals surface area contributed by atoms with Crippen molar-refractivity contribution in [2.75, 3.05) is 24.7 Å². The van der Waals surface area contributed by atoms with Crippen LogP contribution < -0.4 is 11.1 Å². The van der Waals surface area contributed by atoms with Crippen molar-refractivity contribution < 1.29 is 9.53 Å². The number of methoxy groups -OCH3 is 1. The lowest BCUT2D eigenvalue weighted by Gasteiger charge is -2.12. The van der Waals surface area contributed by atoms with Crippen molar-refractivity contribution >= 4 is 28.8 Å². The lowest BCUT2D eigenvalue weighted by Crippen LogP contribution is -2.14. The Morgan fingerprint density at radius 2 is 2.35 bits per heavy atom. The van der Waals surface area contributed by atoms with E-state index >= 15 is 0 Å². The smallest absolute Gasteiger partial charge is 0.356 e. The van der Waals surface area contributed by atoms with E-state index in [0.717, 1.165) is 5.01 Å². The second kappa shape index (κ2) is 6.33. The zero-order chi connectivity index (χ0) is 14.5. The molecule has 3 N–H and O–H groups in total. The Balaban J connectivity index is 2.07. The van der Waals surface area contributed by atoms with E-state index in [-0.39, 0.29) is 11.6 Å². The summed E-state index contributed by atoms with van der Waals surface area (Å²) in [6, 6.07) is 3.17. The number of carbonyl (C=O) groups is 1. The SMILES string of the molecule is COC(=O)c1ccc(N)c(NCC(C)c2nccs2)n1. The number of nitrogens with two attached hydrogens (primary N) is 1. The van der Waals surface area contributed by atoms with Gasteiger partial charge in [-0.05, 0) is 12.1 Å². The molecule has 0 saturated carbocycles. The molecule has 1 unspecified atom stereocenters. The Morgan fingerprint density at radius 1 is 1.55 bits per heavy atom. The van der Waals surface area contributed by atoms with Gasteiger partial charge in [0.15, 0.2) is 5.69 Å². The highest BCUT2D eigenvalue weighted by atomic mass is 32.1. The van der Waals surface area contributed by atoms with E-state index in [1.165, 1.54) is 13.2 Å². The lowest BCUT2D eigenvalue weighted by molar-refractivity contribution is 0.0594. The first-order valence-electron chi connectivity index (χ1n) is 6.10. The van der Waals surface area contributed by atoms with Gasteiger partial charge in [0.1, 0.15) is 5.82 Å². The molecule has 20 heavy (non-hydrogen) atoms. The quantitative estimate of drug-likeness (QED) is 0.820. The second-order valence-corrected chi connectivity index (χ2v) is 5.20. The Bertz CT molecular complexity index is 586. The van der Waals surface area contributed by atoms with Crippen LogP contribution in [0.1, 0.15) is 28.3 Å². The minimum absolute atomic E-state index is 0.228. The largest absolute Gasteiger partial charge is 0.464 e. The molecule has 2 rings (SSSR count). The van der Waals surface area contributed by atoms with E-state index in [0.29, 0.717) is 18.1 Å². The second-order valence-electron chi connectivity index (χ2n) is 4.28. The molecule has 1 atom stereocenters. The van der Waals surface area contributed by atoms with Crippen molar-refractivity contribution in [1.29, 1.82) is 0 Å². The van der Waals surface area contributed by atoms with Gasteiger partial charge in [-0.1, -0.05) is 6.92 Å². The molecule has 0 aromatic carbocycles. The first-order valence-corrected chi connectivity index (χ1v) is 6.98. The lowest BCUT2D eigenvalue weighted by atomic mass is 10.2. The standard InChI is InChI=1S/C13H16N4O2S/c1-8(12-15-5-6-20-12)7-16-11-9(14)3-4-10(17-11)13(18)19-2/h3-6,8H,7,14H2,1-2H3,(H,16,17). The number of thiazole rings is 1. The third-order valence-corrected chi connectivity index (χ3v) is 3.78. The summed E-state index contributed by atoms with van der Waals surface area (Å²) in [6.07, 6.45) is 1.78. The summed E-state index contributed by atoms with van der Waals surface area (Å²) in [5.74, 6) is 0.232. The summed E-state index contributed by atoms with van der Waals surface area (Å²) < 4.78 is 4.64. The molecular weight excluding hydrogens is 276 g/mol. The number of rotatable bonds is 5. The molecule has 0 aliphatic heterocycles. The molecule has 106 valence electrons. The number of nitrogens with zero attached hydrogens (tertiary/aromatic N) is 2. The summed E-state index contributed by atoms with van der Waals surface area (Å²) in [6.45, 7) is 2.70. The molecule has 0 spiro atoms. The van der Waals surface area contributed by atoms with E-state index in [9.17, 15) is 4.79 Å². The number of ether oxygens (including phenoxy) is 1. The number of carbonyl (C=O) groups excluding carboxylic acids is 1. The van der Waals surface area contributed by atoms with Crippen LogP contribution in [0.15, 0.2) is 23.7 Å². The van der Waals surface area contributed by atoms with Crippen LogP contribution in [0.4, 0.5) is 11.5 Å². The summed E-state index contributed by atoms with van der Waals surface area (Å²) in [7, 11) is 1.32. The molecule has 2 heterocycles. The van der Waals surface area contributed by atoms with Gasteiger partial charge >= 0.3 is 5.97 Å². The molecule has 0 amide bonds. The predicted octanol–water partition coefficient (Wildman–Crippen LogP) is 2.12. The van der Waals surface area contributed by atoms with Gasteiger partial charge in [-0.2, -0.15) is 0 Å². The zero-order valence-electron chi connectivity index (χ0n) is 11.3. The summed E-state index contributed by atoms with van der Waals surface area (Å²) in [5.41, 5.74) is 6.56. The van der Waals surface area contributed by atoms with Crippen molar-refractivity contribution in [3.63, 3.8) is 0 Å². The van der Waals surface area contributed by atoms with E-state index in [2.05, 4.69) is 26.9 Å². The number of hydrogen-bond donors (Lipinski definition) is 2. The molecule has 0 bridgehead atoms. The van der Waals surface area contributed by atoms with E-state index in [1.807, 2.05) is 5.38 Å². The predicted molar refractivity (Wildman–Crippen MR) is 79.0 cm³/mol. The number of nitrogens with one attached hydrogen (secondary N) is 1. The van der Waals surface area contributed by atoms with Crippen molar-refractivity contribution in [2.45, 2.75) is 12.8 Å². The van der Waals surface area contributed by atoms with Gasteiger partial charge in [-0.25, -0.2) is 14.8 Å². The third-order valence-electron chi connectivity index (χ3n) is 2.77. The van der Waals surface area contributed by atoms with Crippen LogP contribution in [0.3, 0.4) is 0 Å². The monoisotopic (exact) mass is 292 g/mol. The Hall–Kier alpha value is -2.15. The highest BCUT2D eigenvalue weighted by Gasteiger charge is 2.12. The van der Waals surface area contributed by atoms with Gasteiger partial charge in [0.25, 0.3) is 0 Å². The Labute approximate surface area is 121 Å². The van der Waals surface area contributed by atoms with E-state index in [1.54, 1.807) is 23.6 Å². The van der Waals surface area contributed by atoms with Crippen molar-refractivity contribution in [3.05, 3.63) is 34.4 Å². The molecule has 2 aromatic rings. The van der Waals surface area contributed by atoms with Gasteiger partial charge < -0.3 is 15.8 Å². The van der Waals surface area contributed by atoms with E-state index < -0.39 is 5.97 Å². The maximum atomic E-state index is 11.4. The number of aromatic nitrogens is 2. The van der Waals surface area contributed by atoms with Crippen LogP contribution in [0, 0.1) is 0 Å². The fourth-order valence-electron chi connectivity index (χ4n) is 1.64. The van der Waals surface area contributed by atoms with Crippen LogP contribution in [-0.2, 0) is 4.74 Å². The average molecular weight is 292 g/mol. The fourth-order valence-corrected chi connectivity index (χ4v) is 2.34. The third kappa shape index (κ3) is 3.24. The Kier molecular flexibility index (Phi) is 4.52. The molecule has 0 saturated heterocycles. The Morgan fingerprint density at radius 3 is 3.00 bits per heavy atom. The van der Waals surface area contributed by atoms with Gasteiger partial charge in [0, 0.05) is 24.0 Å². The first-order chi connectivity index (χ1) is 9.61. The van der Waals surface area contributed by atoms with Gasteiger partial charge in [-0.3, -0.25) is 0 Å². The van der Waals surface area contributed by atoms with Crippen molar-refractivity contribution in [3.8, 4) is 0 Å². The minimum atomic E-state index is -0.485. The summed E-state index contributed by atoms with van der Waals surface area (Å²) in [4.78, 5) is 19.9. The topological polar surface area (TPSA) is 90.1 Å². The minimum Gasteiger partial charge on any atom is -0.464 e. The van der Waals surface area contributed by atoms with Gasteiger partial charge in [-0.15, -0.1) is 11.3 Å². The number of esters is 1. The van der Waals surface area contributed by atoms with Crippen LogP contribution in [-0.4, -0.2) is 29.6 Å². The average Bonchev–Trinajstić information content (AvgIpc) is 2.99. The van der Waals surface area contributed by atoms with Crippen LogP contribution in [0.25, 0.3) is 0 Å². The van der Waals surface area contributed by atoms with Crippen molar-refractivity contribution in [2.24, 2.45) is 0 Å². The zero-order valence-corrected chi connectivity index (χ0v) is 12.1. The maximum Gasteiger partial charge on any atom is 0.356 e. The summed E-state index contributed by atoms with van der Waals surface area (Å²) in [5, 5.41) is 6.13. The molecule has 6 nitrogen and oxygen atoms in total. The number of hydrogen-bond acceptors (Lipinski definition) is 7. The summed E-state index contributed by atoms with van der Waals surface area (Å²) >= 11 is 1.61. The van der Waals surface area contributed by atoms with E-state index in [4.69, 9.17) is 5.73 Å². The highest BCUT2D eigenvalue weighted by Crippen LogP contribution is 2.21. The molecular formula is C13H16N4O2S. The molecule has 2 aromatic heterocycles. The van der Waals surface area contributed by atoms with Gasteiger partial charge in [0.05, 0.1) is 17.8 Å². The van der Waals surface area contributed by atoms with Crippen LogP contribution in [0.2, 0.25) is 0 Å². The number of pyridine rings is 1. The molecule has 7 heteroatoms. The van der Waals surface area contributed by atoms with Gasteiger partial charge in [0.2, 0.25) is 0 Å². The molecule has 0 aliphatic carbocycles. The normalized spacial score (nSPS) is 11.9. The highest BCUT2D eigenvalue weighted by molar-refractivity contribution is 7.09. The maximum absolute atomic E-state index is 11.4. The molecule has 0 aliphatic rings. The number of nitrogen functional groups attached to an aromatic ring is 1. The molecule has 0 radical (unpaired) electrons. The number of anilines is 2.